The molecule has 2 aliphatic rings. The number of phenols is 2. The van der Waals surface area contributed by atoms with Gasteiger partial charge < -0.3 is 25.0 Å². The average molecular weight is 488 g/mol. The van der Waals surface area contributed by atoms with Crippen LogP contribution in [0.25, 0.3) is 0 Å². The zero-order valence-electron chi connectivity index (χ0n) is 21.1. The summed E-state index contributed by atoms with van der Waals surface area (Å²) in [4.78, 5) is 0. The minimum absolute atomic E-state index is 0.0189. The highest BCUT2D eigenvalue weighted by atomic mass is 16.5. The molecule has 0 saturated carbocycles. The Kier molecular flexibility index (Phi) is 7.38. The molecular weight excluding hydrogens is 450 g/mol. The number of ether oxygens (including phenoxy) is 2. The Morgan fingerprint density at radius 3 is 2.39 bits per heavy atom. The fraction of sp³-hybridized carbons (Fsp3) is 0.419. The number of nitrogens with one attached hydrogen (secondary N) is 1. The lowest BCUT2D eigenvalue weighted by Crippen LogP contribution is -2.40. The number of phenolic OH excluding ortho intramolecular Hbond substituents is 2. The van der Waals surface area contributed by atoms with Gasteiger partial charge in [-0.25, -0.2) is 0 Å². The molecule has 5 nitrogen and oxygen atoms in total. The number of hydrogen-bond acceptors (Lipinski definition) is 5. The molecule has 2 unspecified atom stereocenters. The Labute approximate surface area is 214 Å². The number of piperidine rings is 1. The first-order chi connectivity index (χ1) is 17.5. The van der Waals surface area contributed by atoms with Gasteiger partial charge in [0.1, 0.15) is 23.0 Å². The van der Waals surface area contributed by atoms with Gasteiger partial charge in [-0.2, -0.15) is 0 Å². The predicted octanol–water partition coefficient (Wildman–Crippen LogP) is 6.13. The van der Waals surface area contributed by atoms with E-state index in [0.29, 0.717) is 12.4 Å². The second-order valence-corrected chi connectivity index (χ2v) is 10.5. The molecule has 2 aliphatic heterocycles. The third-order valence-electron chi connectivity index (χ3n) is 7.95. The van der Waals surface area contributed by atoms with Gasteiger partial charge in [0.25, 0.3) is 0 Å². The van der Waals surface area contributed by atoms with Crippen molar-refractivity contribution < 1.29 is 19.7 Å². The van der Waals surface area contributed by atoms with Crippen molar-refractivity contribution in [2.75, 3.05) is 26.3 Å². The maximum absolute atomic E-state index is 10.0. The van der Waals surface area contributed by atoms with Gasteiger partial charge in [0.05, 0.1) is 13.2 Å². The first-order valence-electron chi connectivity index (χ1n) is 13.2. The molecule has 190 valence electrons. The van der Waals surface area contributed by atoms with Crippen LogP contribution in [0.5, 0.6) is 23.0 Å². The van der Waals surface area contributed by atoms with Crippen LogP contribution < -0.4 is 14.8 Å². The van der Waals surface area contributed by atoms with Crippen LogP contribution in [-0.2, 0) is 5.41 Å². The summed E-state index contributed by atoms with van der Waals surface area (Å²) >= 11 is 0. The number of hydrogen-bond donors (Lipinski definition) is 3. The summed E-state index contributed by atoms with van der Waals surface area (Å²) in [5.41, 5.74) is 2.95. The molecule has 36 heavy (non-hydrogen) atoms. The average Bonchev–Trinajstić information content (AvgIpc) is 2.90. The SMILES string of the molecule is CC1(c2ccc(O)cc2)COc2cc(O)ccc2C1c1ccc(OCCCCC2CCNCC2)cc1. The van der Waals surface area contributed by atoms with Gasteiger partial charge in [-0.05, 0) is 86.1 Å². The smallest absolute Gasteiger partial charge is 0.126 e. The fourth-order valence-corrected chi connectivity index (χ4v) is 5.83. The van der Waals surface area contributed by atoms with Crippen LogP contribution in [0.4, 0.5) is 0 Å². The lowest BCUT2D eigenvalue weighted by molar-refractivity contribution is 0.182. The molecule has 1 fully saturated rings. The van der Waals surface area contributed by atoms with Gasteiger partial charge >= 0.3 is 0 Å². The Hall–Kier alpha value is -3.18. The summed E-state index contributed by atoms with van der Waals surface area (Å²) in [5, 5.41) is 23.3. The summed E-state index contributed by atoms with van der Waals surface area (Å²) in [6.45, 7) is 5.74. The number of aromatic hydroxyl groups is 2. The third kappa shape index (κ3) is 5.31. The molecule has 3 aromatic rings. The number of benzene rings is 3. The molecule has 3 aromatic carbocycles. The molecule has 0 aliphatic carbocycles. The zero-order chi connectivity index (χ0) is 25.0. The van der Waals surface area contributed by atoms with E-state index in [4.69, 9.17) is 9.47 Å². The second-order valence-electron chi connectivity index (χ2n) is 10.5. The number of rotatable bonds is 8. The molecule has 1 saturated heterocycles. The number of fused-ring (bicyclic) bond motifs is 1. The highest BCUT2D eigenvalue weighted by molar-refractivity contribution is 5.53. The van der Waals surface area contributed by atoms with E-state index in [1.807, 2.05) is 18.2 Å². The van der Waals surface area contributed by atoms with Crippen molar-refractivity contribution in [2.45, 2.75) is 50.4 Å². The lowest BCUT2D eigenvalue weighted by Gasteiger charge is -2.43. The van der Waals surface area contributed by atoms with E-state index in [-0.39, 0.29) is 22.8 Å². The zero-order valence-corrected chi connectivity index (χ0v) is 21.1. The van der Waals surface area contributed by atoms with E-state index < -0.39 is 0 Å². The van der Waals surface area contributed by atoms with E-state index in [9.17, 15) is 10.2 Å². The van der Waals surface area contributed by atoms with Gasteiger partial charge in [0.2, 0.25) is 0 Å². The standard InChI is InChI=1S/C31H37NO4/c1-31(24-7-9-25(33)10-8-24)21-36-29-20-26(34)11-14-28(29)30(31)23-5-12-27(13-6-23)35-19-3-2-4-22-15-17-32-18-16-22/h5-14,20,22,30,32-34H,2-4,15-19,21H2,1H3. The predicted molar refractivity (Wildman–Crippen MR) is 142 cm³/mol. The lowest BCUT2D eigenvalue weighted by atomic mass is 9.65. The van der Waals surface area contributed by atoms with Gasteiger partial charge in [-0.15, -0.1) is 0 Å². The minimum Gasteiger partial charge on any atom is -0.508 e. The Bertz CT molecular complexity index is 1140. The third-order valence-corrected chi connectivity index (χ3v) is 7.95. The quantitative estimate of drug-likeness (QED) is 0.334. The Morgan fingerprint density at radius 2 is 1.64 bits per heavy atom. The summed E-state index contributed by atoms with van der Waals surface area (Å²) in [6.07, 6.45) is 6.22. The molecule has 0 radical (unpaired) electrons. The topological polar surface area (TPSA) is 71.0 Å². The van der Waals surface area contributed by atoms with E-state index in [1.165, 1.54) is 31.2 Å². The van der Waals surface area contributed by atoms with Gasteiger partial charge in [-0.1, -0.05) is 43.7 Å². The van der Waals surface area contributed by atoms with Crippen LogP contribution in [0, 0.1) is 5.92 Å². The van der Waals surface area contributed by atoms with Gasteiger partial charge in [-0.3, -0.25) is 0 Å². The van der Waals surface area contributed by atoms with Crippen LogP contribution >= 0.6 is 0 Å². The van der Waals surface area contributed by atoms with Crippen LogP contribution in [0.3, 0.4) is 0 Å². The maximum Gasteiger partial charge on any atom is 0.126 e. The van der Waals surface area contributed by atoms with Crippen LogP contribution in [-0.4, -0.2) is 36.5 Å². The maximum atomic E-state index is 10.0. The highest BCUT2D eigenvalue weighted by Gasteiger charge is 2.43. The van der Waals surface area contributed by atoms with E-state index in [1.54, 1.807) is 24.3 Å². The molecule has 2 atom stereocenters. The summed E-state index contributed by atoms with van der Waals surface area (Å²) in [6, 6.07) is 21.2. The van der Waals surface area contributed by atoms with Crippen LogP contribution in [0.2, 0.25) is 0 Å². The Morgan fingerprint density at radius 1 is 0.917 bits per heavy atom. The summed E-state index contributed by atoms with van der Waals surface area (Å²) in [7, 11) is 0. The van der Waals surface area contributed by atoms with Crippen molar-refractivity contribution in [1.29, 1.82) is 0 Å². The molecule has 0 spiro atoms. The summed E-state index contributed by atoms with van der Waals surface area (Å²) < 4.78 is 12.2. The highest BCUT2D eigenvalue weighted by Crippen LogP contribution is 2.50. The molecule has 0 amide bonds. The molecule has 3 N–H and O–H groups in total. The first-order valence-corrected chi connectivity index (χ1v) is 13.2. The second kappa shape index (κ2) is 10.8. The number of unbranched alkanes of at least 4 members (excludes halogenated alkanes) is 1. The minimum atomic E-state index is -0.352. The van der Waals surface area contributed by atoms with E-state index >= 15 is 0 Å². The van der Waals surface area contributed by atoms with Crippen LogP contribution in [0.15, 0.2) is 66.7 Å². The molecule has 2 heterocycles. The van der Waals surface area contributed by atoms with Gasteiger partial charge in [0.15, 0.2) is 0 Å². The molecule has 0 bridgehead atoms. The molecule has 5 heteroatoms. The van der Waals surface area contributed by atoms with Gasteiger partial charge in [0, 0.05) is 23.0 Å². The van der Waals surface area contributed by atoms with E-state index in [0.717, 1.165) is 48.9 Å². The van der Waals surface area contributed by atoms with Crippen molar-refractivity contribution >= 4 is 0 Å². The van der Waals surface area contributed by atoms with Crippen molar-refractivity contribution in [3.05, 3.63) is 83.4 Å². The fourth-order valence-electron chi connectivity index (χ4n) is 5.83. The summed E-state index contributed by atoms with van der Waals surface area (Å²) in [5.74, 6) is 2.95. The first kappa shape index (κ1) is 24.5. The molecule has 5 rings (SSSR count). The van der Waals surface area contributed by atoms with Crippen molar-refractivity contribution in [3.63, 3.8) is 0 Å². The molecular formula is C31H37NO4. The van der Waals surface area contributed by atoms with E-state index in [2.05, 4.69) is 36.5 Å². The monoisotopic (exact) mass is 487 g/mol. The Balaban J connectivity index is 1.31. The van der Waals surface area contributed by atoms with Crippen LogP contribution in [0.1, 0.15) is 61.6 Å². The molecule has 0 aromatic heterocycles. The van der Waals surface area contributed by atoms with Crippen molar-refractivity contribution in [1.82, 2.24) is 5.32 Å². The normalized spacial score (nSPS) is 22.0. The van der Waals surface area contributed by atoms with Crippen molar-refractivity contribution in [3.8, 4) is 23.0 Å². The largest absolute Gasteiger partial charge is 0.508 e. The van der Waals surface area contributed by atoms with Crippen molar-refractivity contribution in [2.24, 2.45) is 5.92 Å².